The van der Waals surface area contributed by atoms with Crippen molar-refractivity contribution < 1.29 is 23.9 Å². The average molecular weight is 480 g/mol. The highest BCUT2D eigenvalue weighted by molar-refractivity contribution is 6.39. The Morgan fingerprint density at radius 1 is 0.971 bits per heavy atom. The van der Waals surface area contributed by atoms with E-state index in [0.717, 1.165) is 5.56 Å². The minimum Gasteiger partial charge on any atom is -0.490 e. The van der Waals surface area contributed by atoms with E-state index in [9.17, 15) is 14.4 Å². The van der Waals surface area contributed by atoms with Crippen molar-refractivity contribution in [3.05, 3.63) is 88.4 Å². The number of hydrogen-bond acceptors (Lipinski definition) is 6. The van der Waals surface area contributed by atoms with E-state index in [0.29, 0.717) is 34.2 Å². The fourth-order valence-corrected chi connectivity index (χ4v) is 2.96. The maximum absolute atomic E-state index is 12.4. The van der Waals surface area contributed by atoms with Crippen molar-refractivity contribution in [1.29, 1.82) is 0 Å². The molecule has 34 heavy (non-hydrogen) atoms. The fraction of sp³-hybridized carbons (Fsp3) is 0.120. The molecule has 3 aromatic carbocycles. The molecular weight excluding hydrogens is 458 g/mol. The predicted molar refractivity (Wildman–Crippen MR) is 130 cm³/mol. The van der Waals surface area contributed by atoms with E-state index in [1.807, 2.05) is 13.0 Å². The number of benzene rings is 3. The summed E-state index contributed by atoms with van der Waals surface area (Å²) >= 11 is 5.85. The summed E-state index contributed by atoms with van der Waals surface area (Å²) in [6.07, 6.45) is 1.34. The smallest absolute Gasteiger partial charge is 0.343 e. The number of amides is 2. The number of nitrogens with one attached hydrogen (secondary N) is 2. The van der Waals surface area contributed by atoms with Gasteiger partial charge in [-0.15, -0.1) is 0 Å². The van der Waals surface area contributed by atoms with Crippen LogP contribution in [-0.2, 0) is 9.59 Å². The second-order valence-corrected chi connectivity index (χ2v) is 7.49. The molecule has 0 aliphatic heterocycles. The molecule has 0 saturated heterocycles. The van der Waals surface area contributed by atoms with E-state index in [2.05, 4.69) is 15.8 Å². The van der Waals surface area contributed by atoms with Gasteiger partial charge in [0.2, 0.25) is 0 Å². The van der Waals surface area contributed by atoms with Crippen molar-refractivity contribution in [3.63, 3.8) is 0 Å². The first-order valence-corrected chi connectivity index (χ1v) is 10.7. The second kappa shape index (κ2) is 11.6. The first kappa shape index (κ1) is 24.5. The zero-order valence-corrected chi connectivity index (χ0v) is 19.3. The highest BCUT2D eigenvalue weighted by Crippen LogP contribution is 2.29. The number of carbonyl (C=O) groups is 3. The maximum Gasteiger partial charge on any atom is 0.343 e. The standard InChI is InChI=1S/C25H22ClN3O5/c1-3-33-22-14-17(7-12-21(22)34-25(32)18-8-10-19(26)11-9-18)15-27-29-24(31)23(30)28-20-6-4-5-16(2)13-20/h4-15H,3H2,1-2H3,(H,28,30)(H,29,31)/b27-15+. The van der Waals surface area contributed by atoms with Gasteiger partial charge in [0.1, 0.15) is 0 Å². The number of nitrogens with zero attached hydrogens (tertiary/aromatic N) is 1. The van der Waals surface area contributed by atoms with Crippen molar-refractivity contribution in [1.82, 2.24) is 5.43 Å². The molecule has 8 nitrogen and oxygen atoms in total. The van der Waals surface area contributed by atoms with Crippen LogP contribution in [0.3, 0.4) is 0 Å². The summed E-state index contributed by atoms with van der Waals surface area (Å²) in [6, 6.07) is 18.1. The zero-order chi connectivity index (χ0) is 24.5. The summed E-state index contributed by atoms with van der Waals surface area (Å²) in [5.74, 6) is -1.79. The number of aryl methyl sites for hydroxylation is 1. The molecule has 2 N–H and O–H groups in total. The monoisotopic (exact) mass is 479 g/mol. The van der Waals surface area contributed by atoms with Crippen molar-refractivity contribution in [2.45, 2.75) is 13.8 Å². The second-order valence-electron chi connectivity index (χ2n) is 7.06. The third-order valence-corrected chi connectivity index (χ3v) is 4.66. The van der Waals surface area contributed by atoms with Crippen LogP contribution in [0.5, 0.6) is 11.5 Å². The Morgan fingerprint density at radius 3 is 2.44 bits per heavy atom. The van der Waals surface area contributed by atoms with Gasteiger partial charge in [-0.1, -0.05) is 23.7 Å². The summed E-state index contributed by atoms with van der Waals surface area (Å²) in [5.41, 5.74) is 4.52. The Labute approximate surface area is 201 Å². The average Bonchev–Trinajstić information content (AvgIpc) is 2.81. The number of rotatable bonds is 7. The van der Waals surface area contributed by atoms with E-state index < -0.39 is 17.8 Å². The minimum atomic E-state index is -0.920. The number of esters is 1. The first-order valence-electron chi connectivity index (χ1n) is 10.3. The number of halogens is 1. The van der Waals surface area contributed by atoms with E-state index >= 15 is 0 Å². The third-order valence-electron chi connectivity index (χ3n) is 4.41. The van der Waals surface area contributed by atoms with Crippen molar-refractivity contribution in [3.8, 4) is 11.5 Å². The predicted octanol–water partition coefficient (Wildman–Crippen LogP) is 4.36. The summed E-state index contributed by atoms with van der Waals surface area (Å²) < 4.78 is 11.0. The van der Waals surface area contributed by atoms with Crippen LogP contribution in [-0.4, -0.2) is 30.6 Å². The van der Waals surface area contributed by atoms with Crippen LogP contribution in [0.25, 0.3) is 0 Å². The molecule has 3 aromatic rings. The molecule has 174 valence electrons. The summed E-state index contributed by atoms with van der Waals surface area (Å²) in [4.78, 5) is 36.4. The molecule has 2 amide bonds. The Bertz CT molecular complexity index is 1230. The van der Waals surface area contributed by atoms with Crippen LogP contribution in [0.2, 0.25) is 5.02 Å². The molecule has 0 fully saturated rings. The molecule has 3 rings (SSSR count). The lowest BCUT2D eigenvalue weighted by molar-refractivity contribution is -0.136. The molecule has 0 aliphatic rings. The normalized spacial score (nSPS) is 10.6. The molecule has 0 spiro atoms. The lowest BCUT2D eigenvalue weighted by Crippen LogP contribution is -2.32. The molecule has 9 heteroatoms. The van der Waals surface area contributed by atoms with Gasteiger partial charge in [0, 0.05) is 10.7 Å². The first-order chi connectivity index (χ1) is 16.4. The number of carbonyl (C=O) groups excluding carboxylic acids is 3. The third kappa shape index (κ3) is 6.91. The van der Waals surface area contributed by atoms with Crippen LogP contribution >= 0.6 is 11.6 Å². The SMILES string of the molecule is CCOc1cc(/C=N/NC(=O)C(=O)Nc2cccc(C)c2)ccc1OC(=O)c1ccc(Cl)cc1. The molecular formula is C25H22ClN3O5. The van der Waals surface area contributed by atoms with Gasteiger partial charge in [-0.3, -0.25) is 9.59 Å². The topological polar surface area (TPSA) is 106 Å². The Balaban J connectivity index is 1.63. The number of anilines is 1. The van der Waals surface area contributed by atoms with Crippen molar-refractivity contribution >= 4 is 41.3 Å². The van der Waals surface area contributed by atoms with Crippen LogP contribution < -0.4 is 20.2 Å². The number of hydrazone groups is 1. The Kier molecular flexibility index (Phi) is 8.37. The van der Waals surface area contributed by atoms with Gasteiger partial charge in [0.05, 0.1) is 18.4 Å². The lowest BCUT2D eigenvalue weighted by atomic mass is 10.2. The van der Waals surface area contributed by atoms with Crippen molar-refractivity contribution in [2.24, 2.45) is 5.10 Å². The molecule has 0 bridgehead atoms. The highest BCUT2D eigenvalue weighted by atomic mass is 35.5. The molecule has 0 aliphatic carbocycles. The quantitative estimate of drug-likeness (QED) is 0.172. The van der Waals surface area contributed by atoms with Crippen LogP contribution in [0.1, 0.15) is 28.4 Å². The van der Waals surface area contributed by atoms with Gasteiger partial charge >= 0.3 is 17.8 Å². The molecule has 0 heterocycles. The lowest BCUT2D eigenvalue weighted by Gasteiger charge is -2.11. The van der Waals surface area contributed by atoms with Gasteiger partial charge in [0.25, 0.3) is 0 Å². The summed E-state index contributed by atoms with van der Waals surface area (Å²) in [6.45, 7) is 4.00. The molecule has 0 atom stereocenters. The van der Waals surface area contributed by atoms with Gasteiger partial charge in [-0.2, -0.15) is 5.10 Å². The van der Waals surface area contributed by atoms with E-state index in [1.54, 1.807) is 67.6 Å². The Morgan fingerprint density at radius 2 is 1.74 bits per heavy atom. The molecule has 0 unspecified atom stereocenters. The van der Waals surface area contributed by atoms with E-state index in [4.69, 9.17) is 21.1 Å². The van der Waals surface area contributed by atoms with Crippen LogP contribution in [0, 0.1) is 6.92 Å². The zero-order valence-electron chi connectivity index (χ0n) is 18.5. The van der Waals surface area contributed by atoms with Crippen LogP contribution in [0.4, 0.5) is 5.69 Å². The summed E-state index contributed by atoms with van der Waals surface area (Å²) in [7, 11) is 0. The number of ether oxygens (including phenoxy) is 2. The van der Waals surface area contributed by atoms with Gasteiger partial charge in [-0.05, 0) is 79.6 Å². The van der Waals surface area contributed by atoms with Crippen LogP contribution in [0.15, 0.2) is 71.8 Å². The van der Waals surface area contributed by atoms with Gasteiger partial charge in [-0.25, -0.2) is 10.2 Å². The summed E-state index contributed by atoms with van der Waals surface area (Å²) in [5, 5.41) is 6.82. The number of hydrogen-bond donors (Lipinski definition) is 2. The molecule has 0 aromatic heterocycles. The van der Waals surface area contributed by atoms with Gasteiger partial charge in [0.15, 0.2) is 11.5 Å². The highest BCUT2D eigenvalue weighted by Gasteiger charge is 2.14. The molecule has 0 saturated carbocycles. The van der Waals surface area contributed by atoms with Crippen molar-refractivity contribution in [2.75, 3.05) is 11.9 Å². The van der Waals surface area contributed by atoms with E-state index in [1.165, 1.54) is 6.21 Å². The maximum atomic E-state index is 12.4. The van der Waals surface area contributed by atoms with Gasteiger partial charge < -0.3 is 14.8 Å². The Hall–Kier alpha value is -4.17. The minimum absolute atomic E-state index is 0.223. The molecule has 0 radical (unpaired) electrons. The largest absolute Gasteiger partial charge is 0.490 e. The van der Waals surface area contributed by atoms with E-state index in [-0.39, 0.29) is 5.75 Å². The fourth-order valence-electron chi connectivity index (χ4n) is 2.83.